The fraction of sp³-hybridized carbons (Fsp3) is 0.111. The Kier molecular flexibility index (Phi) is 11.4. The lowest BCUT2D eigenvalue weighted by Crippen LogP contribution is -2.16. The summed E-state index contributed by atoms with van der Waals surface area (Å²) < 4.78 is 0. The normalized spacial score (nSPS) is 22.9. The zero-order valence-corrected chi connectivity index (χ0v) is 33.0. The summed E-state index contributed by atoms with van der Waals surface area (Å²) >= 11 is 0. The van der Waals surface area contributed by atoms with Gasteiger partial charge in [0, 0.05) is 29.8 Å². The largest absolute Gasteiger partial charge is 0.404 e. The second-order valence-corrected chi connectivity index (χ2v) is 15.1. The predicted molar refractivity (Wildman–Crippen MR) is 247 cm³/mol. The summed E-state index contributed by atoms with van der Waals surface area (Å²) in [6, 6.07) is 26.6. The van der Waals surface area contributed by atoms with E-state index >= 15 is 0 Å². The predicted octanol–water partition coefficient (Wildman–Crippen LogP) is 12.2. The van der Waals surface area contributed by atoms with Crippen LogP contribution in [0.3, 0.4) is 0 Å². The minimum Gasteiger partial charge on any atom is -0.404 e. The van der Waals surface area contributed by atoms with Crippen molar-refractivity contribution in [1.82, 2.24) is 5.32 Å². The van der Waals surface area contributed by atoms with Crippen LogP contribution in [0, 0.1) is 5.41 Å². The van der Waals surface area contributed by atoms with Gasteiger partial charge in [0.15, 0.2) is 0 Å². The summed E-state index contributed by atoms with van der Waals surface area (Å²) in [5.41, 5.74) is 24.4. The van der Waals surface area contributed by atoms with Crippen molar-refractivity contribution in [2.24, 2.45) is 10.7 Å². The van der Waals surface area contributed by atoms with Crippen molar-refractivity contribution >= 4 is 28.6 Å². The molecule has 0 bridgehead atoms. The maximum atomic E-state index is 8.56. The molecule has 0 spiro atoms. The van der Waals surface area contributed by atoms with Gasteiger partial charge in [-0.15, -0.1) is 0 Å². The molecule has 58 heavy (non-hydrogen) atoms. The van der Waals surface area contributed by atoms with Crippen molar-refractivity contribution in [2.75, 3.05) is 0 Å². The lowest BCUT2D eigenvalue weighted by atomic mass is 9.87. The van der Waals surface area contributed by atoms with Crippen molar-refractivity contribution in [3.63, 3.8) is 0 Å². The van der Waals surface area contributed by atoms with Gasteiger partial charge in [-0.3, -0.25) is 4.99 Å². The number of nitrogens with two attached hydrogens (primary N) is 1. The molecule has 3 aliphatic carbocycles. The van der Waals surface area contributed by atoms with Crippen LogP contribution in [0.1, 0.15) is 48.4 Å². The summed E-state index contributed by atoms with van der Waals surface area (Å²) in [7, 11) is 0. The summed E-state index contributed by atoms with van der Waals surface area (Å²) in [5.74, 6) is 0. The van der Waals surface area contributed by atoms with E-state index in [1.54, 1.807) is 6.20 Å². The van der Waals surface area contributed by atoms with Gasteiger partial charge in [0.25, 0.3) is 0 Å². The van der Waals surface area contributed by atoms with E-state index in [9.17, 15) is 0 Å². The summed E-state index contributed by atoms with van der Waals surface area (Å²) in [6.45, 7) is 6.80. The van der Waals surface area contributed by atoms with Gasteiger partial charge >= 0.3 is 0 Å². The number of dihydropyridines is 1. The Balaban J connectivity index is 1.09. The van der Waals surface area contributed by atoms with E-state index in [4.69, 9.17) is 11.1 Å². The Morgan fingerprint density at radius 2 is 1.60 bits per heavy atom. The molecule has 284 valence electrons. The number of benzene rings is 3. The number of aliphatic imine (C=N–C) groups is 1. The Morgan fingerprint density at radius 3 is 2.36 bits per heavy atom. The molecule has 4 N–H and O–H groups in total. The summed E-state index contributed by atoms with van der Waals surface area (Å²) in [5, 5.41) is 12.0. The molecule has 0 aromatic heterocycles. The van der Waals surface area contributed by atoms with Crippen LogP contribution in [0.15, 0.2) is 227 Å². The molecule has 4 heteroatoms. The molecule has 4 nitrogen and oxygen atoms in total. The molecular formula is C54H48N4. The highest BCUT2D eigenvalue weighted by atomic mass is 14.9. The number of nitrogens with zero attached hydrogens (tertiary/aromatic N) is 1. The molecule has 2 aliphatic heterocycles. The third kappa shape index (κ3) is 8.98. The van der Waals surface area contributed by atoms with Crippen LogP contribution in [0.25, 0.3) is 27.8 Å². The number of rotatable bonds is 10. The van der Waals surface area contributed by atoms with Gasteiger partial charge in [-0.2, -0.15) is 0 Å². The fourth-order valence-corrected chi connectivity index (χ4v) is 7.71. The zero-order valence-electron chi connectivity index (χ0n) is 33.0. The van der Waals surface area contributed by atoms with Crippen LogP contribution < -0.4 is 11.1 Å². The minimum absolute atomic E-state index is 0.368. The van der Waals surface area contributed by atoms with Crippen molar-refractivity contribution in [2.45, 2.75) is 38.6 Å². The fourth-order valence-electron chi connectivity index (χ4n) is 7.71. The average molecular weight is 753 g/mol. The average Bonchev–Trinajstić information content (AvgIpc) is 4.08. The van der Waals surface area contributed by atoms with E-state index in [1.165, 1.54) is 39.0 Å². The molecule has 2 heterocycles. The monoisotopic (exact) mass is 752 g/mol. The zero-order chi connectivity index (χ0) is 39.8. The van der Waals surface area contributed by atoms with Crippen molar-refractivity contribution < 1.29 is 0 Å². The molecule has 0 fully saturated rings. The minimum atomic E-state index is 0.368. The topological polar surface area (TPSA) is 74.3 Å². The number of hydrogen-bond acceptors (Lipinski definition) is 4. The molecule has 0 amide bonds. The molecule has 3 aromatic carbocycles. The molecule has 0 saturated heterocycles. The van der Waals surface area contributed by atoms with Gasteiger partial charge in [0.05, 0.1) is 17.5 Å². The van der Waals surface area contributed by atoms with Crippen LogP contribution >= 0.6 is 0 Å². The molecule has 0 radical (unpaired) electrons. The highest BCUT2D eigenvalue weighted by molar-refractivity contribution is 6.12. The number of allylic oxidation sites excluding steroid dienone is 24. The maximum absolute atomic E-state index is 8.56. The third-order valence-electron chi connectivity index (χ3n) is 11.1. The quantitative estimate of drug-likeness (QED) is 0.180. The molecule has 8 rings (SSSR count). The molecule has 0 saturated carbocycles. The first kappa shape index (κ1) is 37.9. The number of nitrogens with one attached hydrogen (secondary N) is 2. The SMILES string of the molecule is C=C(/C=C(\C=C(/C)C1=CC=C(/C2=C/C=C\C(=C\N)\C=C/C2)CC1)c1ccc(C2=CC=CN/C2=C2/C=CC=CC2=N)cc1)c1ccc(-c2cccc(CC3C=N3)c2)cc1. The molecular weight excluding hydrogens is 705 g/mol. The van der Waals surface area contributed by atoms with E-state index in [-0.39, 0.29) is 0 Å². The Morgan fingerprint density at radius 1 is 0.810 bits per heavy atom. The van der Waals surface area contributed by atoms with Crippen LogP contribution in [0.4, 0.5) is 0 Å². The lowest BCUT2D eigenvalue weighted by molar-refractivity contribution is 0.908. The van der Waals surface area contributed by atoms with Crippen molar-refractivity contribution in [1.29, 1.82) is 5.41 Å². The third-order valence-corrected chi connectivity index (χ3v) is 11.1. The maximum Gasteiger partial charge on any atom is 0.0883 e. The van der Waals surface area contributed by atoms with Crippen LogP contribution in [-0.4, -0.2) is 18.0 Å². The van der Waals surface area contributed by atoms with E-state index in [1.807, 2.05) is 42.8 Å². The number of hydrogen-bond donors (Lipinski definition) is 3. The van der Waals surface area contributed by atoms with E-state index in [0.717, 1.165) is 75.9 Å². The Labute approximate surface area is 342 Å². The van der Waals surface area contributed by atoms with Crippen molar-refractivity contribution in [3.8, 4) is 11.1 Å². The second-order valence-electron chi connectivity index (χ2n) is 15.1. The first-order chi connectivity index (χ1) is 28.4. The van der Waals surface area contributed by atoms with E-state index < -0.39 is 0 Å². The first-order valence-corrected chi connectivity index (χ1v) is 20.0. The highest BCUT2D eigenvalue weighted by Crippen LogP contribution is 2.34. The molecule has 1 atom stereocenters. The van der Waals surface area contributed by atoms with Crippen LogP contribution in [0.2, 0.25) is 0 Å². The van der Waals surface area contributed by atoms with E-state index in [2.05, 4.69) is 157 Å². The van der Waals surface area contributed by atoms with Crippen LogP contribution in [0.5, 0.6) is 0 Å². The lowest BCUT2D eigenvalue weighted by Gasteiger charge is -2.20. The van der Waals surface area contributed by atoms with Crippen molar-refractivity contribution in [3.05, 3.63) is 244 Å². The van der Waals surface area contributed by atoms with E-state index in [0.29, 0.717) is 11.8 Å². The Hall–Kier alpha value is -7.04. The summed E-state index contributed by atoms with van der Waals surface area (Å²) in [4.78, 5) is 4.32. The van der Waals surface area contributed by atoms with Gasteiger partial charge in [-0.1, -0.05) is 152 Å². The van der Waals surface area contributed by atoms with Crippen LogP contribution in [-0.2, 0) is 6.42 Å². The standard InChI is InChI=1S/C54H48N4/c1-37(41-18-22-44(23-19-41)43-12-5-9-39(35-55)10-6-13-43)31-49(32-38(2)42-20-24-45(25-21-42)48-14-7-11-40(33-48)34-50-36-58-50)46-26-28-47(29-27-46)51-16-8-30-57-54(51)52-15-3-4-17-53(52)56/h3-12,14-18,20-22,24-33,35-36,50,56-57H,2,13,19,23,34,55H2,1H3/b9-5-,10-6-,37-31+,39-35-,43-12+,49-32+,54-52-,56-53?. The van der Waals surface area contributed by atoms with Gasteiger partial charge < -0.3 is 16.5 Å². The Bertz CT molecular complexity index is 2590. The van der Waals surface area contributed by atoms with Gasteiger partial charge in [0.2, 0.25) is 0 Å². The molecule has 5 aliphatic rings. The van der Waals surface area contributed by atoms with Gasteiger partial charge in [-0.25, -0.2) is 0 Å². The van der Waals surface area contributed by atoms with Gasteiger partial charge in [-0.05, 0) is 123 Å². The highest BCUT2D eigenvalue weighted by Gasteiger charge is 2.18. The first-order valence-electron chi connectivity index (χ1n) is 20.0. The summed E-state index contributed by atoms with van der Waals surface area (Å²) in [6.07, 6.45) is 41.0. The second kappa shape index (κ2) is 17.4. The smallest absolute Gasteiger partial charge is 0.0883 e. The van der Waals surface area contributed by atoms with Gasteiger partial charge in [0.1, 0.15) is 0 Å². The molecule has 1 unspecified atom stereocenters. The molecule has 3 aromatic rings.